The number of nitrogens with one attached hydrogen (secondary N) is 1. The molecule has 126 valence electrons. The monoisotopic (exact) mass is 334 g/mol. The molecule has 0 spiro atoms. The Morgan fingerprint density at radius 2 is 1.88 bits per heavy atom. The number of anilines is 1. The predicted molar refractivity (Wildman–Crippen MR) is 83.9 cm³/mol. The van der Waals surface area contributed by atoms with Gasteiger partial charge in [-0.3, -0.25) is 9.69 Å². The van der Waals surface area contributed by atoms with E-state index in [-0.39, 0.29) is 13.3 Å². The van der Waals surface area contributed by atoms with Crippen molar-refractivity contribution in [1.82, 2.24) is 4.90 Å². The third-order valence-corrected chi connectivity index (χ3v) is 3.53. The Hall–Kier alpha value is -2.67. The molecule has 0 saturated heterocycles. The smallest absolute Gasteiger partial charge is 0.238 e. The number of benzene rings is 2. The Kier molecular flexibility index (Phi) is 4.61. The molecule has 0 atom stereocenters. The number of para-hydroxylation sites is 1. The van der Waals surface area contributed by atoms with Crippen molar-refractivity contribution in [3.63, 3.8) is 0 Å². The van der Waals surface area contributed by atoms with Gasteiger partial charge in [-0.15, -0.1) is 0 Å². The van der Waals surface area contributed by atoms with Crippen LogP contribution in [0.1, 0.15) is 5.56 Å². The molecule has 2 aromatic carbocycles. The molecule has 0 unspecified atom stereocenters. The summed E-state index contributed by atoms with van der Waals surface area (Å²) in [6, 6.07) is 8.95. The first kappa shape index (κ1) is 16.2. The van der Waals surface area contributed by atoms with Gasteiger partial charge in [0, 0.05) is 6.54 Å². The molecular weight excluding hydrogens is 318 g/mol. The van der Waals surface area contributed by atoms with Crippen LogP contribution in [-0.4, -0.2) is 31.2 Å². The molecule has 0 fully saturated rings. The van der Waals surface area contributed by atoms with Crippen LogP contribution in [0.4, 0.5) is 14.5 Å². The zero-order valence-corrected chi connectivity index (χ0v) is 13.0. The number of hydrogen-bond acceptors (Lipinski definition) is 4. The second kappa shape index (κ2) is 6.84. The van der Waals surface area contributed by atoms with Crippen LogP contribution in [0, 0.1) is 11.6 Å². The van der Waals surface area contributed by atoms with Gasteiger partial charge >= 0.3 is 0 Å². The molecule has 0 saturated carbocycles. The molecule has 7 heteroatoms. The van der Waals surface area contributed by atoms with Gasteiger partial charge in [0.05, 0.1) is 6.54 Å². The lowest BCUT2D eigenvalue weighted by Gasteiger charge is -2.17. The van der Waals surface area contributed by atoms with Crippen LogP contribution >= 0.6 is 0 Å². The van der Waals surface area contributed by atoms with Crippen molar-refractivity contribution in [3.8, 4) is 11.5 Å². The maximum Gasteiger partial charge on any atom is 0.238 e. The van der Waals surface area contributed by atoms with E-state index in [1.165, 1.54) is 6.07 Å². The number of nitrogens with zero attached hydrogens (tertiary/aromatic N) is 1. The van der Waals surface area contributed by atoms with Crippen LogP contribution in [0.15, 0.2) is 36.4 Å². The van der Waals surface area contributed by atoms with Gasteiger partial charge in [-0.2, -0.15) is 0 Å². The minimum absolute atomic E-state index is 0.0117. The lowest BCUT2D eigenvalue weighted by Crippen LogP contribution is -2.30. The van der Waals surface area contributed by atoms with E-state index in [1.54, 1.807) is 18.0 Å². The number of hydrogen-bond donors (Lipinski definition) is 1. The summed E-state index contributed by atoms with van der Waals surface area (Å²) < 4.78 is 37.6. The molecule has 0 radical (unpaired) electrons. The molecule has 24 heavy (non-hydrogen) atoms. The van der Waals surface area contributed by atoms with Gasteiger partial charge in [-0.25, -0.2) is 8.78 Å². The normalized spacial score (nSPS) is 12.5. The lowest BCUT2D eigenvalue weighted by atomic mass is 10.2. The molecular formula is C17H16F2N2O3. The summed E-state index contributed by atoms with van der Waals surface area (Å²) in [4.78, 5) is 13.7. The average Bonchev–Trinajstić information content (AvgIpc) is 2.98. The van der Waals surface area contributed by atoms with Gasteiger partial charge in [-0.05, 0) is 36.9 Å². The van der Waals surface area contributed by atoms with Crippen LogP contribution in [0.25, 0.3) is 0 Å². The Balaban J connectivity index is 1.58. The highest BCUT2D eigenvalue weighted by molar-refractivity contribution is 5.92. The van der Waals surface area contributed by atoms with Gasteiger partial charge in [0.25, 0.3) is 0 Å². The van der Waals surface area contributed by atoms with Gasteiger partial charge in [0.2, 0.25) is 12.7 Å². The third kappa shape index (κ3) is 3.62. The fraction of sp³-hybridized carbons (Fsp3) is 0.235. The maximum absolute atomic E-state index is 13.5. The Bertz CT molecular complexity index is 747. The van der Waals surface area contributed by atoms with Crippen molar-refractivity contribution in [2.24, 2.45) is 0 Å². The van der Waals surface area contributed by atoms with E-state index in [1.807, 2.05) is 12.1 Å². The molecule has 0 bridgehead atoms. The van der Waals surface area contributed by atoms with Crippen molar-refractivity contribution in [2.45, 2.75) is 6.54 Å². The Morgan fingerprint density at radius 3 is 2.62 bits per heavy atom. The zero-order valence-electron chi connectivity index (χ0n) is 13.0. The highest BCUT2D eigenvalue weighted by Crippen LogP contribution is 2.32. The van der Waals surface area contributed by atoms with Crippen molar-refractivity contribution >= 4 is 11.6 Å². The topological polar surface area (TPSA) is 50.8 Å². The highest BCUT2D eigenvalue weighted by Gasteiger charge is 2.16. The van der Waals surface area contributed by atoms with E-state index in [0.717, 1.165) is 17.7 Å². The molecule has 1 N–H and O–H groups in total. The number of carbonyl (C=O) groups is 1. The van der Waals surface area contributed by atoms with E-state index in [0.29, 0.717) is 18.0 Å². The van der Waals surface area contributed by atoms with Crippen LogP contribution in [0.3, 0.4) is 0 Å². The summed E-state index contributed by atoms with van der Waals surface area (Å²) >= 11 is 0. The number of ether oxygens (including phenoxy) is 2. The van der Waals surface area contributed by atoms with E-state index < -0.39 is 23.2 Å². The number of carbonyl (C=O) groups excluding carboxylic acids is 1. The van der Waals surface area contributed by atoms with Gasteiger partial charge in [0.1, 0.15) is 17.3 Å². The second-order valence-corrected chi connectivity index (χ2v) is 5.50. The van der Waals surface area contributed by atoms with Crippen LogP contribution < -0.4 is 14.8 Å². The number of rotatable bonds is 5. The minimum atomic E-state index is -0.804. The standard InChI is InChI=1S/C17H16F2N2O3/c1-21(8-11-5-6-14-15(7-11)24-10-23-14)9-16(22)20-17-12(18)3-2-4-13(17)19/h2-7H,8-10H2,1H3,(H,20,22). The molecule has 0 aromatic heterocycles. The molecule has 1 amide bonds. The summed E-state index contributed by atoms with van der Waals surface area (Å²) in [5, 5.41) is 2.26. The van der Waals surface area contributed by atoms with Gasteiger partial charge in [-0.1, -0.05) is 12.1 Å². The van der Waals surface area contributed by atoms with Crippen molar-refractivity contribution < 1.29 is 23.0 Å². The summed E-state index contributed by atoms with van der Waals surface area (Å²) in [5.74, 6) is -0.751. The van der Waals surface area contributed by atoms with E-state index >= 15 is 0 Å². The first-order valence-electron chi connectivity index (χ1n) is 7.34. The molecule has 1 aliphatic heterocycles. The summed E-state index contributed by atoms with van der Waals surface area (Å²) in [6.07, 6.45) is 0. The Labute approximate surface area is 137 Å². The first-order chi connectivity index (χ1) is 11.5. The first-order valence-corrected chi connectivity index (χ1v) is 7.34. The van der Waals surface area contributed by atoms with E-state index in [9.17, 15) is 13.6 Å². The maximum atomic E-state index is 13.5. The SMILES string of the molecule is CN(CC(=O)Nc1c(F)cccc1F)Cc1ccc2c(c1)OCO2. The molecule has 5 nitrogen and oxygen atoms in total. The Morgan fingerprint density at radius 1 is 1.17 bits per heavy atom. The third-order valence-electron chi connectivity index (χ3n) is 3.53. The molecule has 2 aromatic rings. The number of halogens is 2. The fourth-order valence-electron chi connectivity index (χ4n) is 2.45. The summed E-state index contributed by atoms with van der Waals surface area (Å²) in [5.41, 5.74) is 0.505. The van der Waals surface area contributed by atoms with Crippen LogP contribution in [0.5, 0.6) is 11.5 Å². The highest BCUT2D eigenvalue weighted by atomic mass is 19.1. The summed E-state index contributed by atoms with van der Waals surface area (Å²) in [7, 11) is 1.74. The van der Waals surface area contributed by atoms with Gasteiger partial charge < -0.3 is 14.8 Å². The van der Waals surface area contributed by atoms with Gasteiger partial charge in [0.15, 0.2) is 11.5 Å². The van der Waals surface area contributed by atoms with E-state index in [4.69, 9.17) is 9.47 Å². The number of amides is 1. The van der Waals surface area contributed by atoms with Crippen LogP contribution in [0.2, 0.25) is 0 Å². The minimum Gasteiger partial charge on any atom is -0.454 e. The lowest BCUT2D eigenvalue weighted by molar-refractivity contribution is -0.117. The summed E-state index contributed by atoms with van der Waals surface area (Å²) in [6.45, 7) is 0.664. The number of likely N-dealkylation sites (N-methyl/N-ethyl adjacent to an activating group) is 1. The van der Waals surface area contributed by atoms with Crippen molar-refractivity contribution in [1.29, 1.82) is 0 Å². The second-order valence-electron chi connectivity index (χ2n) is 5.50. The van der Waals surface area contributed by atoms with Crippen LogP contribution in [-0.2, 0) is 11.3 Å². The largest absolute Gasteiger partial charge is 0.454 e. The number of fused-ring (bicyclic) bond motifs is 1. The molecule has 3 rings (SSSR count). The average molecular weight is 334 g/mol. The molecule has 0 aliphatic carbocycles. The molecule has 1 heterocycles. The predicted octanol–water partition coefficient (Wildman–Crippen LogP) is 2.76. The van der Waals surface area contributed by atoms with Crippen molar-refractivity contribution in [2.75, 3.05) is 25.7 Å². The quantitative estimate of drug-likeness (QED) is 0.913. The van der Waals surface area contributed by atoms with Crippen molar-refractivity contribution in [3.05, 3.63) is 53.6 Å². The fourth-order valence-corrected chi connectivity index (χ4v) is 2.45. The molecule has 1 aliphatic rings. The zero-order chi connectivity index (χ0) is 17.1. The van der Waals surface area contributed by atoms with E-state index in [2.05, 4.69) is 5.32 Å².